The predicted octanol–water partition coefficient (Wildman–Crippen LogP) is 5.94. The van der Waals surface area contributed by atoms with E-state index in [2.05, 4.69) is 0 Å². The Kier molecular flexibility index (Phi) is 7.05. The number of aryl methyl sites for hydroxylation is 1. The number of rotatable bonds is 6. The first-order chi connectivity index (χ1) is 16.8. The highest BCUT2D eigenvalue weighted by molar-refractivity contribution is 6.46. The molecule has 8 heteroatoms. The number of methoxy groups -OCH3 is 2. The van der Waals surface area contributed by atoms with Crippen LogP contribution in [0.1, 0.15) is 28.3 Å². The van der Waals surface area contributed by atoms with E-state index in [-0.39, 0.29) is 33.5 Å². The van der Waals surface area contributed by atoms with Gasteiger partial charge in [-0.2, -0.15) is 0 Å². The zero-order valence-corrected chi connectivity index (χ0v) is 20.9. The Bertz CT molecular complexity index is 1350. The third kappa shape index (κ3) is 4.47. The largest absolute Gasteiger partial charge is 0.507 e. The highest BCUT2D eigenvalue weighted by Gasteiger charge is 2.47. The Morgan fingerprint density at radius 1 is 1.00 bits per heavy atom. The summed E-state index contributed by atoms with van der Waals surface area (Å²) < 4.78 is 10.8. The van der Waals surface area contributed by atoms with E-state index in [9.17, 15) is 14.7 Å². The highest BCUT2D eigenvalue weighted by atomic mass is 35.5. The minimum absolute atomic E-state index is 0.0733. The van der Waals surface area contributed by atoms with Crippen LogP contribution in [0.5, 0.6) is 11.5 Å². The number of likely N-dealkylation sites (tertiary alicyclic amines) is 1. The summed E-state index contributed by atoms with van der Waals surface area (Å²) in [5, 5.41) is 11.8. The van der Waals surface area contributed by atoms with Crippen molar-refractivity contribution in [2.45, 2.75) is 19.5 Å². The Hall–Kier alpha value is -3.48. The highest BCUT2D eigenvalue weighted by Crippen LogP contribution is 2.44. The fraction of sp³-hybridized carbons (Fsp3) is 0.185. The molecule has 1 heterocycles. The maximum absolute atomic E-state index is 13.4. The summed E-state index contributed by atoms with van der Waals surface area (Å²) in [6.07, 6.45) is 0. The Morgan fingerprint density at radius 2 is 1.69 bits per heavy atom. The van der Waals surface area contributed by atoms with Crippen molar-refractivity contribution in [2.24, 2.45) is 0 Å². The molecule has 1 fully saturated rings. The molecule has 0 radical (unpaired) electrons. The van der Waals surface area contributed by atoms with Gasteiger partial charge in [-0.25, -0.2) is 0 Å². The molecular weight excluding hydrogens is 489 g/mol. The third-order valence-corrected chi connectivity index (χ3v) is 6.52. The van der Waals surface area contributed by atoms with Crippen molar-refractivity contribution in [3.8, 4) is 11.5 Å². The summed E-state index contributed by atoms with van der Waals surface area (Å²) in [5.74, 6) is -1.24. The van der Waals surface area contributed by atoms with Crippen molar-refractivity contribution in [1.82, 2.24) is 4.90 Å². The van der Waals surface area contributed by atoms with Crippen molar-refractivity contribution < 1.29 is 24.2 Å². The number of hydrogen-bond acceptors (Lipinski definition) is 5. The second-order valence-corrected chi connectivity index (χ2v) is 8.91. The van der Waals surface area contributed by atoms with E-state index >= 15 is 0 Å². The molecule has 1 saturated heterocycles. The normalized spacial score (nSPS) is 17.1. The average Bonchev–Trinajstić information content (AvgIpc) is 3.08. The topological polar surface area (TPSA) is 76.1 Å². The van der Waals surface area contributed by atoms with Crippen LogP contribution in [0.4, 0.5) is 0 Å². The van der Waals surface area contributed by atoms with Gasteiger partial charge in [-0.05, 0) is 36.2 Å². The second-order valence-electron chi connectivity index (χ2n) is 8.06. The molecule has 4 rings (SSSR count). The molecule has 0 spiro atoms. The van der Waals surface area contributed by atoms with Gasteiger partial charge in [0.25, 0.3) is 11.7 Å². The number of ketones is 1. The minimum Gasteiger partial charge on any atom is -0.507 e. The fourth-order valence-electron chi connectivity index (χ4n) is 4.37. The van der Waals surface area contributed by atoms with Gasteiger partial charge in [0.05, 0.1) is 43.0 Å². The molecule has 6 nitrogen and oxygen atoms in total. The number of amides is 1. The zero-order chi connectivity index (χ0) is 25.3. The number of halogens is 2. The van der Waals surface area contributed by atoms with E-state index in [1.165, 1.54) is 24.1 Å². The molecule has 0 aromatic heterocycles. The van der Waals surface area contributed by atoms with Crippen LogP contribution in [0.2, 0.25) is 10.0 Å². The van der Waals surface area contributed by atoms with Crippen molar-refractivity contribution in [2.75, 3.05) is 14.2 Å². The zero-order valence-electron chi connectivity index (χ0n) is 19.3. The summed E-state index contributed by atoms with van der Waals surface area (Å²) in [6.45, 7) is 1.98. The molecule has 35 heavy (non-hydrogen) atoms. The van der Waals surface area contributed by atoms with Crippen molar-refractivity contribution >= 4 is 40.7 Å². The van der Waals surface area contributed by atoms with E-state index in [4.69, 9.17) is 32.7 Å². The van der Waals surface area contributed by atoms with Gasteiger partial charge in [0, 0.05) is 10.6 Å². The standard InChI is InChI=1S/C27H23Cl2NO5/c1-15-8-4-6-10-18(15)23-22(24(31)19-12-17(28)13-20(29)26(19)35-3)25(32)27(33)30(23)14-16-9-5-7-11-21(16)34-2/h4-13,23,31H,14H2,1-3H3/b24-22+. The monoisotopic (exact) mass is 511 g/mol. The predicted molar refractivity (Wildman–Crippen MR) is 135 cm³/mol. The van der Waals surface area contributed by atoms with Gasteiger partial charge in [-0.15, -0.1) is 0 Å². The number of hydrogen-bond donors (Lipinski definition) is 1. The van der Waals surface area contributed by atoms with E-state index in [0.717, 1.165) is 11.1 Å². The molecule has 3 aromatic carbocycles. The van der Waals surface area contributed by atoms with Crippen molar-refractivity contribution in [1.29, 1.82) is 0 Å². The third-order valence-electron chi connectivity index (χ3n) is 6.02. The van der Waals surface area contributed by atoms with Gasteiger partial charge < -0.3 is 19.5 Å². The number of Topliss-reactive ketones (excluding diaryl/α,β-unsaturated/α-hetero) is 1. The number of benzene rings is 3. The maximum atomic E-state index is 13.4. The van der Waals surface area contributed by atoms with Crippen LogP contribution in [0.15, 0.2) is 66.2 Å². The van der Waals surface area contributed by atoms with Crippen LogP contribution < -0.4 is 9.47 Å². The quantitative estimate of drug-likeness (QED) is 0.251. The van der Waals surface area contributed by atoms with Crippen LogP contribution in [-0.2, 0) is 16.1 Å². The number of aliphatic hydroxyl groups is 1. The first kappa shape index (κ1) is 24.6. The van der Waals surface area contributed by atoms with Gasteiger partial charge in [-0.1, -0.05) is 65.7 Å². The lowest BCUT2D eigenvalue weighted by molar-refractivity contribution is -0.140. The lowest BCUT2D eigenvalue weighted by Crippen LogP contribution is -2.29. The van der Waals surface area contributed by atoms with Gasteiger partial charge in [0.2, 0.25) is 0 Å². The maximum Gasteiger partial charge on any atom is 0.295 e. The van der Waals surface area contributed by atoms with E-state index in [1.54, 1.807) is 13.2 Å². The molecule has 1 amide bonds. The van der Waals surface area contributed by atoms with Crippen LogP contribution >= 0.6 is 23.2 Å². The Morgan fingerprint density at radius 3 is 2.37 bits per heavy atom. The molecule has 0 saturated carbocycles. The summed E-state index contributed by atoms with van der Waals surface area (Å²) >= 11 is 12.5. The molecule has 1 unspecified atom stereocenters. The summed E-state index contributed by atoms with van der Waals surface area (Å²) in [6, 6.07) is 16.7. The molecule has 1 aliphatic rings. The fourth-order valence-corrected chi connectivity index (χ4v) is 4.94. The first-order valence-corrected chi connectivity index (χ1v) is 11.5. The molecule has 0 aliphatic carbocycles. The van der Waals surface area contributed by atoms with Gasteiger partial charge in [0.1, 0.15) is 17.3 Å². The molecule has 1 atom stereocenters. The molecule has 180 valence electrons. The molecule has 1 aliphatic heterocycles. The number of carbonyl (C=O) groups is 2. The van der Waals surface area contributed by atoms with E-state index in [0.29, 0.717) is 11.3 Å². The molecule has 3 aromatic rings. The number of aliphatic hydroxyl groups excluding tert-OH is 1. The summed E-state index contributed by atoms with van der Waals surface area (Å²) in [7, 11) is 2.94. The Labute approximate surface area is 213 Å². The number of para-hydroxylation sites is 1. The SMILES string of the molecule is COc1ccccc1CN1C(=O)C(=O)/C(=C(/O)c2cc(Cl)cc(Cl)c2OC)C1c1ccccc1C. The Balaban J connectivity index is 1.96. The second kappa shape index (κ2) is 10.0. The van der Waals surface area contributed by atoms with Gasteiger partial charge in [-0.3, -0.25) is 9.59 Å². The van der Waals surface area contributed by atoms with Gasteiger partial charge in [0.15, 0.2) is 0 Å². The van der Waals surface area contributed by atoms with E-state index < -0.39 is 23.5 Å². The molecule has 1 N–H and O–H groups in total. The van der Waals surface area contributed by atoms with E-state index in [1.807, 2.05) is 49.4 Å². The van der Waals surface area contributed by atoms with Crippen LogP contribution in [0.3, 0.4) is 0 Å². The van der Waals surface area contributed by atoms with Gasteiger partial charge >= 0.3 is 0 Å². The van der Waals surface area contributed by atoms with Crippen LogP contribution in [0.25, 0.3) is 5.76 Å². The lowest BCUT2D eigenvalue weighted by Gasteiger charge is -2.27. The average molecular weight is 512 g/mol. The summed E-state index contributed by atoms with van der Waals surface area (Å²) in [4.78, 5) is 28.2. The van der Waals surface area contributed by atoms with Crippen LogP contribution in [0, 0.1) is 6.92 Å². The number of carbonyl (C=O) groups excluding carboxylic acids is 2. The van der Waals surface area contributed by atoms with Crippen molar-refractivity contribution in [3.05, 3.63) is 98.5 Å². The number of ether oxygens (including phenoxy) is 2. The molecule has 0 bridgehead atoms. The molecular formula is C27H23Cl2NO5. The first-order valence-electron chi connectivity index (χ1n) is 10.8. The van der Waals surface area contributed by atoms with Crippen LogP contribution in [-0.4, -0.2) is 35.9 Å². The van der Waals surface area contributed by atoms with Crippen molar-refractivity contribution in [3.63, 3.8) is 0 Å². The number of nitrogens with zero attached hydrogens (tertiary/aromatic N) is 1. The lowest BCUT2D eigenvalue weighted by atomic mass is 9.92. The minimum atomic E-state index is -0.858. The summed E-state index contributed by atoms with van der Waals surface area (Å²) in [5.41, 5.74) is 2.33. The smallest absolute Gasteiger partial charge is 0.295 e.